The van der Waals surface area contributed by atoms with E-state index in [1.807, 2.05) is 0 Å². The first-order chi connectivity index (χ1) is 9.04. The molecule has 100 valence electrons. The van der Waals surface area contributed by atoms with Crippen LogP contribution in [-0.4, -0.2) is 13.4 Å². The molecule has 1 aliphatic rings. The van der Waals surface area contributed by atoms with Crippen LogP contribution in [0.3, 0.4) is 0 Å². The van der Waals surface area contributed by atoms with E-state index in [4.69, 9.17) is 16.3 Å². The van der Waals surface area contributed by atoms with Gasteiger partial charge in [0.25, 0.3) is 0 Å². The number of nitrogens with one attached hydrogen (secondary N) is 1. The van der Waals surface area contributed by atoms with Gasteiger partial charge in [0.1, 0.15) is 21.7 Å². The molecule has 8 heteroatoms. The quantitative estimate of drug-likeness (QED) is 0.942. The van der Waals surface area contributed by atoms with Crippen LogP contribution in [0, 0.1) is 0 Å². The van der Waals surface area contributed by atoms with Gasteiger partial charge in [-0.25, -0.2) is 18.1 Å². The van der Waals surface area contributed by atoms with Crippen molar-refractivity contribution in [3.63, 3.8) is 0 Å². The number of fused-ring (bicyclic) bond motifs is 1. The standard InChI is InChI=1S/C11H9ClN2O3S2/c12-10-5-13-11(18-10)6-17-8-1-2-9-7(3-8)4-14-19(9,15)16/h1-3,5,14H,4,6H2. The van der Waals surface area contributed by atoms with Gasteiger partial charge in [0.05, 0.1) is 11.1 Å². The lowest BCUT2D eigenvalue weighted by atomic mass is 10.2. The first-order valence-electron chi connectivity index (χ1n) is 5.40. The Hall–Kier alpha value is -1.15. The maximum atomic E-state index is 11.6. The lowest BCUT2D eigenvalue weighted by Crippen LogP contribution is -2.13. The van der Waals surface area contributed by atoms with Gasteiger partial charge < -0.3 is 4.74 Å². The molecule has 0 spiro atoms. The molecular formula is C11H9ClN2O3S2. The molecule has 5 nitrogen and oxygen atoms in total. The van der Waals surface area contributed by atoms with Crippen molar-refractivity contribution >= 4 is 33.0 Å². The molecule has 0 bridgehead atoms. The second-order valence-electron chi connectivity index (χ2n) is 3.94. The highest BCUT2D eigenvalue weighted by Crippen LogP contribution is 2.27. The van der Waals surface area contributed by atoms with Crippen LogP contribution < -0.4 is 9.46 Å². The minimum atomic E-state index is -3.32. The van der Waals surface area contributed by atoms with Crippen molar-refractivity contribution in [3.8, 4) is 5.75 Å². The molecule has 0 saturated carbocycles. The number of aromatic nitrogens is 1. The van der Waals surface area contributed by atoms with E-state index in [0.717, 1.165) is 10.6 Å². The number of hydrogen-bond acceptors (Lipinski definition) is 5. The largest absolute Gasteiger partial charge is 0.486 e. The molecular weight excluding hydrogens is 308 g/mol. The Balaban J connectivity index is 1.77. The summed E-state index contributed by atoms with van der Waals surface area (Å²) in [6.45, 7) is 0.619. The van der Waals surface area contributed by atoms with E-state index in [9.17, 15) is 8.42 Å². The molecule has 0 radical (unpaired) electrons. The topological polar surface area (TPSA) is 68.3 Å². The number of sulfonamides is 1. The summed E-state index contributed by atoms with van der Waals surface area (Å²) in [6, 6.07) is 4.91. The minimum Gasteiger partial charge on any atom is -0.486 e. The molecule has 1 aromatic heterocycles. The number of halogens is 1. The minimum absolute atomic E-state index is 0.304. The SMILES string of the molecule is O=S1(=O)NCc2cc(OCc3ncc(Cl)s3)ccc21. The predicted molar refractivity (Wildman–Crippen MR) is 71.9 cm³/mol. The molecule has 0 unspecified atom stereocenters. The Labute approximate surface area is 119 Å². The van der Waals surface area contributed by atoms with E-state index in [2.05, 4.69) is 9.71 Å². The summed E-state index contributed by atoms with van der Waals surface area (Å²) in [5, 5.41) is 0.774. The van der Waals surface area contributed by atoms with Crippen molar-refractivity contribution in [2.75, 3.05) is 0 Å². The predicted octanol–water partition coefficient (Wildman–Crippen LogP) is 2.17. The fourth-order valence-corrected chi connectivity index (χ4v) is 3.89. The number of hydrogen-bond donors (Lipinski definition) is 1. The van der Waals surface area contributed by atoms with Gasteiger partial charge in [-0.2, -0.15) is 0 Å². The van der Waals surface area contributed by atoms with E-state index < -0.39 is 10.0 Å². The normalized spacial score (nSPS) is 16.3. The summed E-state index contributed by atoms with van der Waals surface area (Å²) in [4.78, 5) is 4.40. The summed E-state index contributed by atoms with van der Waals surface area (Å²) in [7, 11) is -3.32. The van der Waals surface area contributed by atoms with Crippen molar-refractivity contribution in [2.24, 2.45) is 0 Å². The molecule has 0 atom stereocenters. The van der Waals surface area contributed by atoms with Gasteiger partial charge in [0.15, 0.2) is 0 Å². The summed E-state index contributed by atoms with van der Waals surface area (Å²) >= 11 is 7.13. The molecule has 1 N–H and O–H groups in total. The van der Waals surface area contributed by atoms with Gasteiger partial charge in [-0.3, -0.25) is 0 Å². The Morgan fingerprint density at radius 2 is 2.32 bits per heavy atom. The van der Waals surface area contributed by atoms with Gasteiger partial charge in [-0.15, -0.1) is 11.3 Å². The van der Waals surface area contributed by atoms with Crippen molar-refractivity contribution in [3.05, 3.63) is 39.3 Å². The zero-order valence-corrected chi connectivity index (χ0v) is 12.0. The molecule has 0 saturated heterocycles. The molecule has 0 aliphatic carbocycles. The number of thiazole rings is 1. The fourth-order valence-electron chi connectivity index (χ4n) is 1.80. The smallest absolute Gasteiger partial charge is 0.241 e. The number of nitrogens with zero attached hydrogens (tertiary/aromatic N) is 1. The van der Waals surface area contributed by atoms with Crippen LogP contribution in [0.15, 0.2) is 29.3 Å². The average molecular weight is 317 g/mol. The Morgan fingerprint density at radius 3 is 3.05 bits per heavy atom. The van der Waals surface area contributed by atoms with Crippen LogP contribution in [0.25, 0.3) is 0 Å². The Morgan fingerprint density at radius 1 is 1.47 bits per heavy atom. The van der Waals surface area contributed by atoms with Crippen LogP contribution in [0.2, 0.25) is 4.34 Å². The lowest BCUT2D eigenvalue weighted by molar-refractivity contribution is 0.305. The van der Waals surface area contributed by atoms with E-state index in [1.54, 1.807) is 24.4 Å². The van der Waals surface area contributed by atoms with Gasteiger partial charge in [0, 0.05) is 6.54 Å². The van der Waals surface area contributed by atoms with Crippen molar-refractivity contribution in [2.45, 2.75) is 18.0 Å². The lowest BCUT2D eigenvalue weighted by Gasteiger charge is -2.05. The fraction of sp³-hybridized carbons (Fsp3) is 0.182. The first-order valence-corrected chi connectivity index (χ1v) is 8.08. The molecule has 0 amide bonds. The van der Waals surface area contributed by atoms with Crippen LogP contribution >= 0.6 is 22.9 Å². The van der Waals surface area contributed by atoms with Crippen LogP contribution in [0.1, 0.15) is 10.6 Å². The molecule has 3 rings (SSSR count). The summed E-state index contributed by atoms with van der Waals surface area (Å²) in [5.74, 6) is 0.615. The summed E-state index contributed by atoms with van der Waals surface area (Å²) in [6.07, 6.45) is 1.57. The van der Waals surface area contributed by atoms with Gasteiger partial charge in [0.2, 0.25) is 10.0 Å². The zero-order valence-electron chi connectivity index (χ0n) is 9.59. The van der Waals surface area contributed by atoms with Crippen LogP contribution in [0.5, 0.6) is 5.75 Å². The van der Waals surface area contributed by atoms with E-state index in [0.29, 0.717) is 28.1 Å². The third-order valence-electron chi connectivity index (χ3n) is 2.66. The highest BCUT2D eigenvalue weighted by Gasteiger charge is 2.25. The number of ether oxygens (including phenoxy) is 1. The molecule has 2 heterocycles. The van der Waals surface area contributed by atoms with Gasteiger partial charge in [-0.05, 0) is 23.8 Å². The number of rotatable bonds is 3. The van der Waals surface area contributed by atoms with Crippen LogP contribution in [-0.2, 0) is 23.2 Å². The molecule has 19 heavy (non-hydrogen) atoms. The third-order valence-corrected chi connectivity index (χ3v) is 5.25. The van der Waals surface area contributed by atoms with Crippen LogP contribution in [0.4, 0.5) is 0 Å². The number of benzene rings is 1. The van der Waals surface area contributed by atoms with Gasteiger partial charge in [-0.1, -0.05) is 11.6 Å². The monoisotopic (exact) mass is 316 g/mol. The van der Waals surface area contributed by atoms with E-state index >= 15 is 0 Å². The maximum Gasteiger partial charge on any atom is 0.241 e. The molecule has 0 fully saturated rings. The molecule has 1 aliphatic heterocycles. The molecule has 2 aromatic rings. The first kappa shape index (κ1) is 12.9. The highest BCUT2D eigenvalue weighted by molar-refractivity contribution is 7.89. The van der Waals surface area contributed by atoms with E-state index in [1.165, 1.54) is 11.3 Å². The van der Waals surface area contributed by atoms with Crippen molar-refractivity contribution < 1.29 is 13.2 Å². The Bertz CT molecular complexity index is 727. The Kier molecular flexibility index (Phi) is 3.22. The van der Waals surface area contributed by atoms with Crippen molar-refractivity contribution in [1.29, 1.82) is 0 Å². The third kappa shape index (κ3) is 2.59. The van der Waals surface area contributed by atoms with Crippen molar-refractivity contribution in [1.82, 2.24) is 9.71 Å². The zero-order chi connectivity index (χ0) is 13.5. The molecule has 1 aromatic carbocycles. The summed E-state index contributed by atoms with van der Waals surface area (Å²) < 4.78 is 31.8. The second-order valence-corrected chi connectivity index (χ2v) is 7.42. The average Bonchev–Trinajstić information content (AvgIpc) is 2.91. The van der Waals surface area contributed by atoms with E-state index in [-0.39, 0.29) is 0 Å². The second kappa shape index (κ2) is 4.75. The highest BCUT2D eigenvalue weighted by atomic mass is 35.5. The summed E-state index contributed by atoms with van der Waals surface area (Å²) in [5.41, 5.74) is 0.717. The van der Waals surface area contributed by atoms with Gasteiger partial charge >= 0.3 is 0 Å². The maximum absolute atomic E-state index is 11.6.